The first kappa shape index (κ1) is 68.7. The minimum atomic E-state index is -3.56. The van der Waals surface area contributed by atoms with Crippen LogP contribution in [0.15, 0.2) is 152 Å². The molecule has 6 aromatic rings. The second kappa shape index (κ2) is 29.1. The van der Waals surface area contributed by atoms with Crippen molar-refractivity contribution in [3.8, 4) is 23.0 Å². The zero-order valence-corrected chi connectivity index (χ0v) is 57.3. The highest BCUT2D eigenvalue weighted by Crippen LogP contribution is 2.46. The molecule has 15 rings (SSSR count). The van der Waals surface area contributed by atoms with Crippen LogP contribution in [0.25, 0.3) is 10.1 Å². The Labute approximate surface area is 556 Å². The van der Waals surface area contributed by atoms with Crippen LogP contribution < -0.4 is 35.5 Å². The number of methoxy groups -OCH3 is 2. The second-order valence-corrected chi connectivity index (χ2v) is 33.3. The van der Waals surface area contributed by atoms with Crippen molar-refractivity contribution in [2.45, 2.75) is 119 Å². The number of rotatable bonds is 12. The van der Waals surface area contributed by atoms with Crippen molar-refractivity contribution in [2.75, 3.05) is 113 Å². The summed E-state index contributed by atoms with van der Waals surface area (Å²) in [5.41, 5.74) is -1.68. The van der Waals surface area contributed by atoms with Crippen LogP contribution in [0.2, 0.25) is 0 Å². The molecule has 0 amide bonds. The number of thiophene rings is 1. The first-order chi connectivity index (χ1) is 45.3. The van der Waals surface area contributed by atoms with Crippen LogP contribution in [0.1, 0.15) is 70.6 Å². The molecule has 9 heterocycles. The zero-order chi connectivity index (χ0) is 65.7. The molecular weight excluding hydrogens is 1310 g/mol. The van der Waals surface area contributed by atoms with E-state index in [1.165, 1.54) is 19.9 Å². The Morgan fingerprint density at radius 2 is 1.01 bits per heavy atom. The van der Waals surface area contributed by atoms with E-state index in [0.29, 0.717) is 137 Å². The summed E-state index contributed by atoms with van der Waals surface area (Å²) < 4.78 is 151. The lowest BCUT2D eigenvalue weighted by Crippen LogP contribution is -2.64. The lowest BCUT2D eigenvalue weighted by Gasteiger charge is -2.51. The van der Waals surface area contributed by atoms with Crippen LogP contribution in [0.5, 0.6) is 23.0 Å². The minimum absolute atomic E-state index is 0.0141. The predicted molar refractivity (Wildman–Crippen MR) is 356 cm³/mol. The van der Waals surface area contributed by atoms with E-state index in [0.717, 1.165) is 74.8 Å². The summed E-state index contributed by atoms with van der Waals surface area (Å²) in [6, 6.07) is 36.8. The van der Waals surface area contributed by atoms with Crippen molar-refractivity contribution in [1.82, 2.24) is 38.5 Å². The Morgan fingerprint density at radius 3 is 1.57 bits per heavy atom. The smallest absolute Gasteiger partial charge is 0.245 e. The fraction of sp³-hybridized carbons (Fsp3) is 0.515. The van der Waals surface area contributed by atoms with Gasteiger partial charge >= 0.3 is 0 Å². The first-order valence-corrected chi connectivity index (χ1v) is 39.1. The van der Waals surface area contributed by atoms with Crippen molar-refractivity contribution in [3.63, 3.8) is 0 Å². The van der Waals surface area contributed by atoms with Crippen LogP contribution in [0.3, 0.4) is 0 Å². The summed E-state index contributed by atoms with van der Waals surface area (Å²) >= 11 is 1.48. The van der Waals surface area contributed by atoms with Gasteiger partial charge in [0.15, 0.2) is 0 Å². The van der Waals surface area contributed by atoms with Gasteiger partial charge in [0.05, 0.1) is 55.3 Å². The van der Waals surface area contributed by atoms with Gasteiger partial charge in [-0.25, -0.2) is 33.7 Å². The molecule has 8 aliphatic heterocycles. The molecule has 4 unspecified atom stereocenters. The fourth-order valence-electron chi connectivity index (χ4n) is 14.5. The van der Waals surface area contributed by atoms with Gasteiger partial charge in [0.25, 0.3) is 0 Å². The molecule has 510 valence electrons. The van der Waals surface area contributed by atoms with Crippen LogP contribution in [-0.4, -0.2) is 192 Å². The lowest BCUT2D eigenvalue weighted by atomic mass is 9.74. The van der Waals surface area contributed by atoms with Crippen LogP contribution in [-0.2, 0) is 59.0 Å². The van der Waals surface area contributed by atoms with Crippen LogP contribution in [0, 0.1) is 5.92 Å². The molecule has 1 saturated carbocycles. The van der Waals surface area contributed by atoms with Crippen LogP contribution >= 0.6 is 11.3 Å². The number of para-hydroxylation sites is 1. The summed E-state index contributed by atoms with van der Waals surface area (Å²) in [4.78, 5) is 1.34. The first-order valence-electron chi connectivity index (χ1n) is 32.5. The normalized spacial score (nSPS) is 25.8. The average Bonchev–Trinajstić information content (AvgIpc) is 1.28. The van der Waals surface area contributed by atoms with E-state index in [4.69, 9.17) is 33.2 Å². The van der Waals surface area contributed by atoms with Crippen molar-refractivity contribution < 1.29 is 66.8 Å². The van der Waals surface area contributed by atoms with Crippen molar-refractivity contribution in [1.29, 1.82) is 0 Å². The minimum Gasteiger partial charge on any atom is -0.497 e. The molecule has 9 fully saturated rings. The Hall–Kier alpha value is -5.22. The number of piperidine rings is 4. The lowest BCUT2D eigenvalue weighted by molar-refractivity contribution is -0.120. The number of ether oxygens (including phenoxy) is 7. The van der Waals surface area contributed by atoms with E-state index in [-0.39, 0.29) is 38.9 Å². The summed E-state index contributed by atoms with van der Waals surface area (Å²) in [7, 11) is -10.9. The Kier molecular flexibility index (Phi) is 21.3. The van der Waals surface area contributed by atoms with Crippen LogP contribution in [0.4, 0.5) is 0 Å². The van der Waals surface area contributed by atoms with Gasteiger partial charge in [-0.2, -0.15) is 17.2 Å². The molecule has 1 aromatic heterocycles. The van der Waals surface area contributed by atoms with E-state index in [2.05, 4.69) is 21.3 Å². The predicted octanol–water partition coefficient (Wildman–Crippen LogP) is 7.34. The largest absolute Gasteiger partial charge is 0.497 e. The number of benzene rings is 5. The molecule has 28 heteroatoms. The Balaban J connectivity index is 0.000000121. The summed E-state index contributed by atoms with van der Waals surface area (Å²) in [6.07, 6.45) is 9.24. The van der Waals surface area contributed by atoms with E-state index >= 15 is 0 Å². The number of sulfonamides is 4. The van der Waals surface area contributed by atoms with E-state index in [9.17, 15) is 33.7 Å². The molecule has 5 aromatic carbocycles. The zero-order valence-electron chi connectivity index (χ0n) is 53.2. The van der Waals surface area contributed by atoms with Gasteiger partial charge in [0.1, 0.15) is 50.8 Å². The third-order valence-corrected chi connectivity index (χ3v) is 28.3. The van der Waals surface area contributed by atoms with Gasteiger partial charge in [-0.05, 0) is 123 Å². The highest BCUT2D eigenvalue weighted by atomic mass is 32.2. The maximum Gasteiger partial charge on any atom is 0.245 e. The number of nitrogens with zero attached hydrogens (tertiary/aromatic N) is 4. The molecule has 4 N–H and O–H groups in total. The molecule has 4 atom stereocenters. The van der Waals surface area contributed by atoms with Gasteiger partial charge in [0, 0.05) is 125 Å². The standard InChI is InChI=1S/C19H22N2O4S.C18H26N2O4S.C15H18N2O3S2.C14H20N2O4S/c22-26(23,21-13-10-19(11-14-21)20-12-15-24-19)18-8-6-17(7-9-18)25-16-4-2-1-3-5-16;1-23-14-6-8-15(9-7-14)25(21,22)20-12-10-18(19-11-13-24-18)16-4-2-3-5-17(16)20;18-22(19,14-11-21-13-4-2-1-3-12(13)14)17-8-5-15(6-9-17)16-7-10-20-15;1-19-12-3-5-13(6-4-12)21(17,18)16-9-10-20-14(16)7-2-8-15-11-14/h1-9,20H,10-15H2;6-9,16-17,19H,2-5,10-13H2,1H3;1-4,11,16H,5-10H2;3-6,15H,2,7-11H2,1H3. The van der Waals surface area contributed by atoms with Gasteiger partial charge in [-0.15, -0.1) is 11.3 Å². The third kappa shape index (κ3) is 14.5. The molecule has 9 aliphatic rings. The monoisotopic (exact) mass is 1390 g/mol. The Morgan fingerprint density at radius 1 is 0.479 bits per heavy atom. The molecular formula is C66H86N8O15S5. The average molecular weight is 1390 g/mol. The molecule has 1 aliphatic carbocycles. The molecule has 94 heavy (non-hydrogen) atoms. The summed E-state index contributed by atoms with van der Waals surface area (Å²) in [5.74, 6) is 2.85. The van der Waals surface area contributed by atoms with Gasteiger partial charge in [-0.1, -0.05) is 49.2 Å². The SMILES string of the molecule is COc1ccc(S(=O)(=O)N2CCC3(NCCO3)C3CCCCC32)cc1.COc1ccc(S(=O)(=O)N2CCOC23CCCNC3)cc1.O=S(=O)(c1ccc(Oc2ccccc2)cc1)N1CCC2(CC1)NCCO2.O=S(=O)(c1csc2ccccc12)N1CCC2(CC1)NCCO2. The van der Waals surface area contributed by atoms with E-state index < -0.39 is 45.8 Å². The van der Waals surface area contributed by atoms with E-state index in [1.54, 1.807) is 101 Å². The molecule has 23 nitrogen and oxygen atoms in total. The summed E-state index contributed by atoms with van der Waals surface area (Å²) in [6.45, 7) is 9.35. The van der Waals surface area contributed by atoms with Crippen molar-refractivity contribution in [2.24, 2.45) is 5.92 Å². The Bertz CT molecular complexity index is 3960. The van der Waals surface area contributed by atoms with Crippen molar-refractivity contribution >= 4 is 61.5 Å². The van der Waals surface area contributed by atoms with Gasteiger partial charge in [0.2, 0.25) is 40.1 Å². The number of fused-ring (bicyclic) bond motifs is 3. The maximum absolute atomic E-state index is 13.3. The number of hydrogen-bond acceptors (Lipinski definition) is 20. The molecule has 4 spiro atoms. The van der Waals surface area contributed by atoms with E-state index in [1.807, 2.05) is 54.6 Å². The van der Waals surface area contributed by atoms with Gasteiger partial charge in [-0.3, -0.25) is 16.0 Å². The third-order valence-electron chi connectivity index (χ3n) is 19.5. The topological polar surface area (TPSA) is 262 Å². The fourth-order valence-corrected chi connectivity index (χ4v) is 22.2. The maximum atomic E-state index is 13.3. The molecule has 0 bridgehead atoms. The van der Waals surface area contributed by atoms with Gasteiger partial charge < -0.3 is 38.5 Å². The highest BCUT2D eigenvalue weighted by molar-refractivity contribution is 7.90. The highest BCUT2D eigenvalue weighted by Gasteiger charge is 2.55. The molecule has 0 radical (unpaired) electrons. The molecule has 8 saturated heterocycles. The quantitative estimate of drug-likeness (QED) is 0.0934. The number of hydrogen-bond donors (Lipinski definition) is 4. The summed E-state index contributed by atoms with van der Waals surface area (Å²) in [5, 5.41) is 16.1. The van der Waals surface area contributed by atoms with Crippen molar-refractivity contribution in [3.05, 3.63) is 133 Å². The second-order valence-electron chi connectivity index (χ2n) is 24.8. The number of nitrogens with one attached hydrogen (secondary N) is 4.